The van der Waals surface area contributed by atoms with Gasteiger partial charge in [-0.1, -0.05) is 0 Å². The molecule has 1 heterocycles. The van der Waals surface area contributed by atoms with Gasteiger partial charge in [-0.2, -0.15) is 0 Å². The van der Waals surface area contributed by atoms with Crippen LogP contribution in [0.15, 0.2) is 22.9 Å². The highest BCUT2D eigenvalue weighted by Crippen LogP contribution is 2.34. The van der Waals surface area contributed by atoms with Crippen molar-refractivity contribution >= 4 is 32.4 Å². The average molecular weight is 251 g/mol. The number of halogens is 1. The van der Waals surface area contributed by atoms with E-state index in [9.17, 15) is 0 Å². The average Bonchev–Trinajstić information content (AvgIpc) is 2.23. The van der Waals surface area contributed by atoms with Crippen LogP contribution in [-0.4, -0.2) is 4.98 Å². The summed E-state index contributed by atoms with van der Waals surface area (Å²) >= 11 is 3.50. The third kappa shape index (κ3) is 1.20. The van der Waals surface area contributed by atoms with Crippen LogP contribution in [0, 0.1) is 13.8 Å². The molecule has 72 valence electrons. The van der Waals surface area contributed by atoms with Gasteiger partial charge in [0.05, 0.1) is 0 Å². The molecule has 0 fully saturated rings. The normalized spacial score (nSPS) is 10.8. The van der Waals surface area contributed by atoms with Crippen LogP contribution in [0.25, 0.3) is 10.8 Å². The van der Waals surface area contributed by atoms with Crippen LogP contribution in [0.1, 0.15) is 11.1 Å². The molecule has 0 saturated carbocycles. The Morgan fingerprint density at radius 1 is 1.21 bits per heavy atom. The van der Waals surface area contributed by atoms with Crippen molar-refractivity contribution in [2.24, 2.45) is 0 Å². The van der Waals surface area contributed by atoms with Crippen LogP contribution in [0.5, 0.6) is 0 Å². The molecule has 1 aromatic carbocycles. The summed E-state index contributed by atoms with van der Waals surface area (Å²) in [5, 5.41) is 2.34. The number of aromatic nitrogens is 1. The molecule has 0 spiro atoms. The van der Waals surface area contributed by atoms with Crippen LogP contribution in [-0.2, 0) is 0 Å². The van der Waals surface area contributed by atoms with Gasteiger partial charge in [0, 0.05) is 27.9 Å². The highest BCUT2D eigenvalue weighted by atomic mass is 79.9. The first-order valence-electron chi connectivity index (χ1n) is 4.40. The standard InChI is InChI=1S/C11H11BrN2/c1-6-9-5-14-4-3-8(9)7(2)11(13)10(6)12/h3-5H,13H2,1-2H3. The summed E-state index contributed by atoms with van der Waals surface area (Å²) in [5.74, 6) is 0. The largest absolute Gasteiger partial charge is 0.398 e. The molecule has 14 heavy (non-hydrogen) atoms. The Morgan fingerprint density at radius 3 is 2.64 bits per heavy atom. The number of hydrogen-bond donors (Lipinski definition) is 1. The van der Waals surface area contributed by atoms with Crippen molar-refractivity contribution in [1.29, 1.82) is 0 Å². The molecule has 1 aromatic heterocycles. The topological polar surface area (TPSA) is 38.9 Å². The van der Waals surface area contributed by atoms with E-state index in [4.69, 9.17) is 5.73 Å². The number of fused-ring (bicyclic) bond motifs is 1. The third-order valence-corrected chi connectivity index (χ3v) is 3.62. The van der Waals surface area contributed by atoms with Crippen molar-refractivity contribution < 1.29 is 0 Å². The first kappa shape index (κ1) is 9.46. The monoisotopic (exact) mass is 250 g/mol. The van der Waals surface area contributed by atoms with Gasteiger partial charge in [-0.15, -0.1) is 0 Å². The van der Waals surface area contributed by atoms with E-state index in [2.05, 4.69) is 20.9 Å². The maximum Gasteiger partial charge on any atom is 0.0497 e. The fourth-order valence-electron chi connectivity index (χ4n) is 1.65. The highest BCUT2D eigenvalue weighted by Gasteiger charge is 2.09. The van der Waals surface area contributed by atoms with Crippen molar-refractivity contribution in [1.82, 2.24) is 4.98 Å². The zero-order chi connectivity index (χ0) is 10.3. The Labute approximate surface area is 91.3 Å². The lowest BCUT2D eigenvalue weighted by Crippen LogP contribution is -1.95. The van der Waals surface area contributed by atoms with Crippen molar-refractivity contribution in [3.05, 3.63) is 34.1 Å². The van der Waals surface area contributed by atoms with Gasteiger partial charge in [0.1, 0.15) is 0 Å². The lowest BCUT2D eigenvalue weighted by molar-refractivity contribution is 1.33. The third-order valence-electron chi connectivity index (χ3n) is 2.60. The summed E-state index contributed by atoms with van der Waals surface area (Å²) in [6, 6.07) is 2.00. The second-order valence-electron chi connectivity index (χ2n) is 3.40. The minimum absolute atomic E-state index is 0.821. The van der Waals surface area contributed by atoms with Crippen LogP contribution in [0.2, 0.25) is 0 Å². The van der Waals surface area contributed by atoms with E-state index in [1.54, 1.807) is 6.20 Å². The predicted molar refractivity (Wildman–Crippen MR) is 63.3 cm³/mol. The molecule has 3 heteroatoms. The fraction of sp³-hybridized carbons (Fsp3) is 0.182. The van der Waals surface area contributed by atoms with E-state index in [0.717, 1.165) is 26.7 Å². The quantitative estimate of drug-likeness (QED) is 0.730. The van der Waals surface area contributed by atoms with Gasteiger partial charge in [-0.05, 0) is 52.4 Å². The van der Waals surface area contributed by atoms with Gasteiger partial charge >= 0.3 is 0 Å². The van der Waals surface area contributed by atoms with E-state index >= 15 is 0 Å². The molecule has 2 rings (SSSR count). The number of anilines is 1. The molecule has 0 amide bonds. The molecule has 0 aliphatic rings. The number of pyridine rings is 1. The molecule has 0 radical (unpaired) electrons. The molecule has 0 atom stereocenters. The summed E-state index contributed by atoms with van der Waals surface area (Å²) in [5.41, 5.74) is 9.06. The van der Waals surface area contributed by atoms with Gasteiger partial charge in [0.15, 0.2) is 0 Å². The molecule has 2 N–H and O–H groups in total. The summed E-state index contributed by atoms with van der Waals surface area (Å²) in [6.45, 7) is 4.08. The van der Waals surface area contributed by atoms with Crippen molar-refractivity contribution in [3.63, 3.8) is 0 Å². The van der Waals surface area contributed by atoms with Crippen LogP contribution >= 0.6 is 15.9 Å². The zero-order valence-corrected chi connectivity index (χ0v) is 9.72. The fourth-order valence-corrected chi connectivity index (χ4v) is 2.16. The van der Waals surface area contributed by atoms with Crippen molar-refractivity contribution in [2.45, 2.75) is 13.8 Å². The SMILES string of the molecule is Cc1c(N)c(Br)c(C)c2cnccc12. The molecule has 0 unspecified atom stereocenters. The van der Waals surface area contributed by atoms with Crippen LogP contribution in [0.4, 0.5) is 5.69 Å². The second kappa shape index (κ2) is 3.24. The number of aryl methyl sites for hydroxylation is 2. The lowest BCUT2D eigenvalue weighted by Gasteiger charge is -2.11. The minimum Gasteiger partial charge on any atom is -0.398 e. The van der Waals surface area contributed by atoms with E-state index in [-0.39, 0.29) is 0 Å². The van der Waals surface area contributed by atoms with Crippen LogP contribution in [0.3, 0.4) is 0 Å². The van der Waals surface area contributed by atoms with Gasteiger partial charge in [-0.25, -0.2) is 0 Å². The Balaban J connectivity index is 3.02. The van der Waals surface area contributed by atoms with E-state index < -0.39 is 0 Å². The molecule has 2 aromatic rings. The van der Waals surface area contributed by atoms with E-state index in [1.165, 1.54) is 5.39 Å². The minimum atomic E-state index is 0.821. The first-order valence-corrected chi connectivity index (χ1v) is 5.20. The molecule has 0 aliphatic carbocycles. The number of nitrogen functional groups attached to an aromatic ring is 1. The number of nitrogens with zero attached hydrogens (tertiary/aromatic N) is 1. The number of nitrogens with two attached hydrogens (primary N) is 1. The molecule has 0 bridgehead atoms. The summed E-state index contributed by atoms with van der Waals surface area (Å²) in [6.07, 6.45) is 3.67. The molecule has 0 saturated heterocycles. The van der Waals surface area contributed by atoms with Crippen LogP contribution < -0.4 is 5.73 Å². The Morgan fingerprint density at radius 2 is 1.93 bits per heavy atom. The lowest BCUT2D eigenvalue weighted by atomic mass is 10.0. The van der Waals surface area contributed by atoms with Gasteiger partial charge in [0.25, 0.3) is 0 Å². The van der Waals surface area contributed by atoms with E-state index in [1.807, 2.05) is 26.1 Å². The maximum atomic E-state index is 5.98. The number of rotatable bonds is 0. The first-order chi connectivity index (χ1) is 6.63. The van der Waals surface area contributed by atoms with Gasteiger partial charge in [0.2, 0.25) is 0 Å². The molecular formula is C11H11BrN2. The Bertz CT molecular complexity index is 460. The number of benzene rings is 1. The molecule has 0 aliphatic heterocycles. The maximum absolute atomic E-state index is 5.98. The summed E-state index contributed by atoms with van der Waals surface area (Å²) in [7, 11) is 0. The van der Waals surface area contributed by atoms with Crippen molar-refractivity contribution in [2.75, 3.05) is 5.73 Å². The van der Waals surface area contributed by atoms with E-state index in [0.29, 0.717) is 0 Å². The Hall–Kier alpha value is -1.09. The second-order valence-corrected chi connectivity index (χ2v) is 4.19. The molecule has 2 nitrogen and oxygen atoms in total. The molecular weight excluding hydrogens is 240 g/mol. The van der Waals surface area contributed by atoms with Crippen molar-refractivity contribution in [3.8, 4) is 0 Å². The summed E-state index contributed by atoms with van der Waals surface area (Å²) in [4.78, 5) is 4.12. The predicted octanol–water partition coefficient (Wildman–Crippen LogP) is 3.20. The smallest absolute Gasteiger partial charge is 0.0497 e. The Kier molecular flexibility index (Phi) is 2.19. The summed E-state index contributed by atoms with van der Waals surface area (Å²) < 4.78 is 0.982. The van der Waals surface area contributed by atoms with Gasteiger partial charge in [-0.3, -0.25) is 4.98 Å². The number of hydrogen-bond acceptors (Lipinski definition) is 2. The highest BCUT2D eigenvalue weighted by molar-refractivity contribution is 9.10. The zero-order valence-electron chi connectivity index (χ0n) is 8.13. The van der Waals surface area contributed by atoms with Gasteiger partial charge < -0.3 is 5.73 Å².